The Hall–Kier alpha value is -2.20. The van der Waals surface area contributed by atoms with Gasteiger partial charge in [-0.3, -0.25) is 4.79 Å². The number of aromatic amines is 1. The Kier molecular flexibility index (Phi) is 3.03. The second-order valence-electron chi connectivity index (χ2n) is 4.35. The van der Waals surface area contributed by atoms with Crippen LogP contribution in [0.4, 0.5) is 8.78 Å². The Morgan fingerprint density at radius 1 is 1.15 bits per heavy atom. The standard InChI is InChI=1S/C15H8ClF2NO/c16-9-5-11-12(7-20)14(19-15(11)13(18)6-9)8-2-1-3-10(17)4-8/h1-7,19H. The van der Waals surface area contributed by atoms with Crippen LogP contribution in [0.1, 0.15) is 10.4 Å². The average molecular weight is 292 g/mol. The molecular weight excluding hydrogens is 284 g/mol. The highest BCUT2D eigenvalue weighted by molar-refractivity contribution is 6.31. The molecule has 1 N–H and O–H groups in total. The molecule has 1 heterocycles. The number of H-pyrrole nitrogens is 1. The van der Waals surface area contributed by atoms with E-state index in [1.807, 2.05) is 0 Å². The van der Waals surface area contributed by atoms with E-state index in [1.165, 1.54) is 24.3 Å². The first-order valence-electron chi connectivity index (χ1n) is 5.82. The monoisotopic (exact) mass is 291 g/mol. The van der Waals surface area contributed by atoms with Gasteiger partial charge in [0.1, 0.15) is 11.6 Å². The van der Waals surface area contributed by atoms with Crippen molar-refractivity contribution in [1.82, 2.24) is 4.98 Å². The van der Waals surface area contributed by atoms with Gasteiger partial charge in [-0.2, -0.15) is 0 Å². The largest absolute Gasteiger partial charge is 0.352 e. The molecule has 0 saturated heterocycles. The van der Waals surface area contributed by atoms with Crippen LogP contribution in [0.15, 0.2) is 36.4 Å². The summed E-state index contributed by atoms with van der Waals surface area (Å²) in [6.45, 7) is 0. The summed E-state index contributed by atoms with van der Waals surface area (Å²) >= 11 is 5.80. The molecule has 2 nitrogen and oxygen atoms in total. The van der Waals surface area contributed by atoms with Crippen LogP contribution in [0.3, 0.4) is 0 Å². The third-order valence-corrected chi connectivity index (χ3v) is 3.31. The van der Waals surface area contributed by atoms with Crippen molar-refractivity contribution >= 4 is 28.8 Å². The van der Waals surface area contributed by atoms with E-state index in [-0.39, 0.29) is 16.1 Å². The Morgan fingerprint density at radius 3 is 2.65 bits per heavy atom. The van der Waals surface area contributed by atoms with Crippen molar-refractivity contribution in [2.75, 3.05) is 0 Å². The molecule has 0 saturated carbocycles. The highest BCUT2D eigenvalue weighted by atomic mass is 35.5. The quantitative estimate of drug-likeness (QED) is 0.689. The molecule has 0 amide bonds. The fourth-order valence-corrected chi connectivity index (χ4v) is 2.44. The molecule has 0 bridgehead atoms. The van der Waals surface area contributed by atoms with Crippen LogP contribution in [0.25, 0.3) is 22.2 Å². The highest BCUT2D eigenvalue weighted by Gasteiger charge is 2.16. The van der Waals surface area contributed by atoms with Crippen LogP contribution in [0.5, 0.6) is 0 Å². The van der Waals surface area contributed by atoms with E-state index in [0.29, 0.717) is 22.9 Å². The summed E-state index contributed by atoms with van der Waals surface area (Å²) in [5, 5.41) is 0.576. The lowest BCUT2D eigenvalue weighted by atomic mass is 10.1. The maximum absolute atomic E-state index is 13.9. The van der Waals surface area contributed by atoms with Crippen molar-refractivity contribution in [2.24, 2.45) is 0 Å². The summed E-state index contributed by atoms with van der Waals surface area (Å²) in [7, 11) is 0. The third kappa shape index (κ3) is 1.98. The number of carbonyl (C=O) groups is 1. The minimum atomic E-state index is -0.557. The first-order chi connectivity index (χ1) is 9.60. The summed E-state index contributed by atoms with van der Waals surface area (Å²) in [6, 6.07) is 8.39. The number of aldehydes is 1. The van der Waals surface area contributed by atoms with Gasteiger partial charge in [0.2, 0.25) is 0 Å². The van der Waals surface area contributed by atoms with Crippen LogP contribution < -0.4 is 0 Å². The normalized spacial score (nSPS) is 10.9. The zero-order valence-corrected chi connectivity index (χ0v) is 10.8. The van der Waals surface area contributed by atoms with Crippen molar-refractivity contribution in [2.45, 2.75) is 0 Å². The molecule has 1 aromatic heterocycles. The maximum atomic E-state index is 13.9. The van der Waals surface area contributed by atoms with Crippen LogP contribution in [0.2, 0.25) is 5.02 Å². The number of hydrogen-bond acceptors (Lipinski definition) is 1. The molecule has 0 unspecified atom stereocenters. The predicted molar refractivity (Wildman–Crippen MR) is 74.0 cm³/mol. The van der Waals surface area contributed by atoms with Gasteiger partial charge in [0, 0.05) is 21.5 Å². The molecule has 5 heteroatoms. The minimum Gasteiger partial charge on any atom is -0.352 e. The van der Waals surface area contributed by atoms with Gasteiger partial charge in [-0.1, -0.05) is 23.7 Å². The van der Waals surface area contributed by atoms with E-state index in [0.717, 1.165) is 6.07 Å². The molecule has 0 aliphatic rings. The summed E-state index contributed by atoms with van der Waals surface area (Å²) in [6.07, 6.45) is 0.606. The first-order valence-corrected chi connectivity index (χ1v) is 6.20. The Bertz CT molecular complexity index is 826. The lowest BCUT2D eigenvalue weighted by Gasteiger charge is -1.99. The SMILES string of the molecule is O=Cc1c(-c2cccc(F)c2)[nH]c2c(F)cc(Cl)cc12. The second kappa shape index (κ2) is 4.72. The summed E-state index contributed by atoms with van der Waals surface area (Å²) in [5.74, 6) is -0.991. The van der Waals surface area contributed by atoms with Gasteiger partial charge in [0.05, 0.1) is 11.2 Å². The van der Waals surface area contributed by atoms with E-state index < -0.39 is 11.6 Å². The van der Waals surface area contributed by atoms with Crippen LogP contribution in [-0.2, 0) is 0 Å². The molecule has 0 spiro atoms. The number of aromatic nitrogens is 1. The zero-order valence-electron chi connectivity index (χ0n) is 10.1. The van der Waals surface area contributed by atoms with Crippen LogP contribution in [-0.4, -0.2) is 11.3 Å². The van der Waals surface area contributed by atoms with Gasteiger partial charge in [-0.05, 0) is 24.3 Å². The average Bonchev–Trinajstić information content (AvgIpc) is 2.77. The van der Waals surface area contributed by atoms with Gasteiger partial charge in [-0.15, -0.1) is 0 Å². The second-order valence-corrected chi connectivity index (χ2v) is 4.79. The third-order valence-electron chi connectivity index (χ3n) is 3.10. The van der Waals surface area contributed by atoms with E-state index in [9.17, 15) is 13.6 Å². The van der Waals surface area contributed by atoms with Crippen LogP contribution >= 0.6 is 11.6 Å². The smallest absolute Gasteiger partial charge is 0.152 e. The number of fused-ring (bicyclic) bond motifs is 1. The van der Waals surface area contributed by atoms with E-state index in [1.54, 1.807) is 6.07 Å². The van der Waals surface area contributed by atoms with Gasteiger partial charge in [-0.25, -0.2) is 8.78 Å². The maximum Gasteiger partial charge on any atom is 0.152 e. The molecule has 0 fully saturated rings. The predicted octanol–water partition coefficient (Wildman–Crippen LogP) is 4.58. The fourth-order valence-electron chi connectivity index (χ4n) is 2.23. The van der Waals surface area contributed by atoms with Crippen molar-refractivity contribution in [1.29, 1.82) is 0 Å². The number of carbonyl (C=O) groups excluding carboxylic acids is 1. The summed E-state index contributed by atoms with van der Waals surface area (Å²) in [5.41, 5.74) is 1.28. The van der Waals surface area contributed by atoms with E-state index in [4.69, 9.17) is 11.6 Å². The van der Waals surface area contributed by atoms with Gasteiger partial charge < -0.3 is 4.98 Å². The Morgan fingerprint density at radius 2 is 1.95 bits per heavy atom. The first kappa shape index (κ1) is 12.8. The Balaban J connectivity index is 2.37. The van der Waals surface area contributed by atoms with Gasteiger partial charge in [0.15, 0.2) is 6.29 Å². The van der Waals surface area contributed by atoms with Gasteiger partial charge >= 0.3 is 0 Å². The van der Waals surface area contributed by atoms with E-state index in [2.05, 4.69) is 4.98 Å². The molecule has 0 aliphatic carbocycles. The summed E-state index contributed by atoms with van der Waals surface area (Å²) < 4.78 is 27.2. The number of nitrogens with one attached hydrogen (secondary N) is 1. The Labute approximate surface area is 118 Å². The molecule has 3 aromatic rings. The van der Waals surface area contributed by atoms with Crippen molar-refractivity contribution in [3.63, 3.8) is 0 Å². The van der Waals surface area contributed by atoms with Crippen molar-refractivity contribution in [3.05, 3.63) is 58.6 Å². The van der Waals surface area contributed by atoms with Crippen molar-refractivity contribution in [3.8, 4) is 11.3 Å². The number of hydrogen-bond donors (Lipinski definition) is 1. The lowest BCUT2D eigenvalue weighted by molar-refractivity contribution is 0.112. The molecule has 0 atom stereocenters. The van der Waals surface area contributed by atoms with Crippen LogP contribution in [0, 0.1) is 11.6 Å². The molecule has 0 aliphatic heterocycles. The highest BCUT2D eigenvalue weighted by Crippen LogP contribution is 2.32. The van der Waals surface area contributed by atoms with Crippen molar-refractivity contribution < 1.29 is 13.6 Å². The molecule has 2 aromatic carbocycles. The number of halogens is 3. The zero-order chi connectivity index (χ0) is 14.3. The molecule has 0 radical (unpaired) electrons. The van der Waals surface area contributed by atoms with Gasteiger partial charge in [0.25, 0.3) is 0 Å². The molecular formula is C15H8ClF2NO. The topological polar surface area (TPSA) is 32.9 Å². The lowest BCUT2D eigenvalue weighted by Crippen LogP contribution is -1.85. The van der Waals surface area contributed by atoms with E-state index >= 15 is 0 Å². The summed E-state index contributed by atoms with van der Waals surface area (Å²) in [4.78, 5) is 14.1. The number of rotatable bonds is 2. The molecule has 3 rings (SSSR count). The fraction of sp³-hybridized carbons (Fsp3) is 0. The minimum absolute atomic E-state index is 0.177. The molecule has 100 valence electrons. The number of benzene rings is 2. The molecule has 20 heavy (non-hydrogen) atoms.